The van der Waals surface area contributed by atoms with E-state index in [1.165, 1.54) is 6.08 Å². The van der Waals surface area contributed by atoms with Gasteiger partial charge in [-0.25, -0.2) is 0 Å². The van der Waals surface area contributed by atoms with Gasteiger partial charge in [-0.15, -0.1) is 0 Å². The van der Waals surface area contributed by atoms with Crippen molar-refractivity contribution in [1.82, 2.24) is 0 Å². The third-order valence-corrected chi connectivity index (χ3v) is 2.16. The Morgan fingerprint density at radius 3 is 2.44 bits per heavy atom. The normalized spacial score (nSPS) is 19.4. The number of hydrogen-bond donors (Lipinski definition) is 0. The van der Waals surface area contributed by atoms with Crippen molar-refractivity contribution in [2.24, 2.45) is 5.92 Å². The largest absolute Gasteiger partial charge is 0.346 e. The minimum absolute atomic E-state index is 0.225. The Hall–Kier alpha value is -1.26. The molecule has 0 spiro atoms. The van der Waals surface area contributed by atoms with Gasteiger partial charge in [0.25, 0.3) is 0 Å². The summed E-state index contributed by atoms with van der Waals surface area (Å²) in [6.07, 6.45) is 5.30. The van der Waals surface area contributed by atoms with E-state index in [-0.39, 0.29) is 11.6 Å². The molecule has 0 aliphatic heterocycles. The molecule has 0 amide bonds. The highest BCUT2D eigenvalue weighted by atomic mass is 16.7. The number of ketones is 2. The molecule has 0 saturated carbocycles. The number of carbonyl (C=O) groups is 2. The first kappa shape index (κ1) is 12.8. The number of allylic oxidation sites excluding steroid dienone is 4. The number of ether oxygens (including phenoxy) is 2. The highest BCUT2D eigenvalue weighted by molar-refractivity contribution is 6.10. The van der Waals surface area contributed by atoms with E-state index in [2.05, 4.69) is 0 Å². The Balaban J connectivity index is 2.69. The van der Waals surface area contributed by atoms with Gasteiger partial charge in [0, 0.05) is 13.2 Å². The van der Waals surface area contributed by atoms with Gasteiger partial charge < -0.3 is 9.47 Å². The molecule has 4 heteroatoms. The van der Waals surface area contributed by atoms with Gasteiger partial charge in [-0.3, -0.25) is 9.59 Å². The molecular formula is C12H16O4. The molecule has 1 atom stereocenters. The van der Waals surface area contributed by atoms with Crippen LogP contribution in [0.4, 0.5) is 0 Å². The van der Waals surface area contributed by atoms with Crippen LogP contribution in [0.25, 0.3) is 0 Å². The Morgan fingerprint density at radius 2 is 1.94 bits per heavy atom. The highest BCUT2D eigenvalue weighted by Crippen LogP contribution is 2.13. The van der Waals surface area contributed by atoms with Crippen LogP contribution in [-0.2, 0) is 19.1 Å². The second kappa shape index (κ2) is 6.35. The molecular weight excluding hydrogens is 208 g/mol. The summed E-state index contributed by atoms with van der Waals surface area (Å²) in [5.74, 6) is -1.33. The molecule has 0 radical (unpaired) electrons. The van der Waals surface area contributed by atoms with Crippen molar-refractivity contribution in [2.45, 2.75) is 20.1 Å². The molecule has 88 valence electrons. The van der Waals surface area contributed by atoms with Crippen molar-refractivity contribution in [1.29, 1.82) is 0 Å². The lowest BCUT2D eigenvalue weighted by molar-refractivity contribution is -0.171. The van der Waals surface area contributed by atoms with Crippen LogP contribution >= 0.6 is 0 Å². The molecule has 0 bridgehead atoms. The van der Waals surface area contributed by atoms with Gasteiger partial charge in [0.1, 0.15) is 5.92 Å². The van der Waals surface area contributed by atoms with Gasteiger partial charge in [-0.05, 0) is 19.9 Å². The molecule has 0 saturated heterocycles. The summed E-state index contributed by atoms with van der Waals surface area (Å²) in [7, 11) is 0. The lowest BCUT2D eigenvalue weighted by atomic mass is 9.94. The maximum Gasteiger partial charge on any atom is 0.218 e. The fourth-order valence-electron chi connectivity index (χ4n) is 1.42. The molecule has 0 N–H and O–H groups in total. The molecule has 0 aromatic carbocycles. The lowest BCUT2D eigenvalue weighted by Gasteiger charge is -2.19. The first-order valence-corrected chi connectivity index (χ1v) is 5.36. The van der Waals surface area contributed by atoms with E-state index in [0.29, 0.717) is 13.2 Å². The topological polar surface area (TPSA) is 52.6 Å². The van der Waals surface area contributed by atoms with Crippen LogP contribution in [-0.4, -0.2) is 31.1 Å². The molecule has 0 heterocycles. The van der Waals surface area contributed by atoms with Crippen molar-refractivity contribution < 1.29 is 19.1 Å². The molecule has 0 fully saturated rings. The predicted octanol–water partition coefficient (Wildman–Crippen LogP) is 1.27. The van der Waals surface area contributed by atoms with Gasteiger partial charge in [0.05, 0.1) is 0 Å². The van der Waals surface area contributed by atoms with E-state index in [1.54, 1.807) is 32.1 Å². The fourth-order valence-corrected chi connectivity index (χ4v) is 1.42. The van der Waals surface area contributed by atoms with Crippen LogP contribution < -0.4 is 0 Å². The summed E-state index contributed by atoms with van der Waals surface area (Å²) < 4.78 is 10.3. The SMILES string of the molecule is CCOC(OCC)C(=O)C1C=CC=CC1=O. The molecule has 0 aromatic rings. The molecule has 1 unspecified atom stereocenters. The van der Waals surface area contributed by atoms with Crippen molar-refractivity contribution in [2.75, 3.05) is 13.2 Å². The van der Waals surface area contributed by atoms with Gasteiger partial charge in [-0.2, -0.15) is 0 Å². The summed E-state index contributed by atoms with van der Waals surface area (Å²) in [5.41, 5.74) is 0. The highest BCUT2D eigenvalue weighted by Gasteiger charge is 2.30. The zero-order chi connectivity index (χ0) is 12.0. The average molecular weight is 224 g/mol. The molecule has 0 aromatic heterocycles. The van der Waals surface area contributed by atoms with Gasteiger partial charge in [-0.1, -0.05) is 18.2 Å². The lowest BCUT2D eigenvalue weighted by Crippen LogP contribution is -2.36. The summed E-state index contributed by atoms with van der Waals surface area (Å²) in [5, 5.41) is 0. The van der Waals surface area contributed by atoms with Crippen molar-refractivity contribution in [3.63, 3.8) is 0 Å². The summed E-state index contributed by atoms with van der Waals surface area (Å²) in [6.45, 7) is 4.29. The van der Waals surface area contributed by atoms with Crippen LogP contribution in [0.15, 0.2) is 24.3 Å². The Labute approximate surface area is 94.9 Å². The number of carbonyl (C=O) groups excluding carboxylic acids is 2. The Kier molecular flexibility index (Phi) is 5.08. The van der Waals surface area contributed by atoms with Crippen LogP contribution in [0.1, 0.15) is 13.8 Å². The van der Waals surface area contributed by atoms with Crippen LogP contribution in [0, 0.1) is 5.92 Å². The third kappa shape index (κ3) is 3.12. The minimum atomic E-state index is -0.944. The molecule has 1 aliphatic rings. The summed E-state index contributed by atoms with van der Waals surface area (Å²) in [4.78, 5) is 23.4. The van der Waals surface area contributed by atoms with Crippen LogP contribution in [0.5, 0.6) is 0 Å². The quantitative estimate of drug-likeness (QED) is 0.503. The summed E-state index contributed by atoms with van der Waals surface area (Å²) >= 11 is 0. The van der Waals surface area contributed by atoms with Crippen molar-refractivity contribution in [3.8, 4) is 0 Å². The van der Waals surface area contributed by atoms with E-state index in [4.69, 9.17) is 9.47 Å². The third-order valence-electron chi connectivity index (χ3n) is 2.16. The fraction of sp³-hybridized carbons (Fsp3) is 0.500. The smallest absolute Gasteiger partial charge is 0.218 e. The minimum Gasteiger partial charge on any atom is -0.346 e. The zero-order valence-corrected chi connectivity index (χ0v) is 9.51. The van der Waals surface area contributed by atoms with Crippen LogP contribution in [0.3, 0.4) is 0 Å². The Bertz CT molecular complexity index is 311. The predicted molar refractivity (Wildman–Crippen MR) is 58.8 cm³/mol. The van der Waals surface area contributed by atoms with E-state index >= 15 is 0 Å². The Morgan fingerprint density at radius 1 is 1.31 bits per heavy atom. The standard InChI is InChI=1S/C12H16O4/c1-3-15-12(16-4-2)11(14)9-7-5-6-8-10(9)13/h5-9,12H,3-4H2,1-2H3. The first-order chi connectivity index (χ1) is 7.70. The first-order valence-electron chi connectivity index (χ1n) is 5.36. The van der Waals surface area contributed by atoms with Crippen molar-refractivity contribution in [3.05, 3.63) is 24.3 Å². The monoisotopic (exact) mass is 224 g/mol. The molecule has 16 heavy (non-hydrogen) atoms. The maximum absolute atomic E-state index is 11.9. The molecule has 4 nitrogen and oxygen atoms in total. The van der Waals surface area contributed by atoms with Gasteiger partial charge >= 0.3 is 0 Å². The van der Waals surface area contributed by atoms with Crippen molar-refractivity contribution >= 4 is 11.6 Å². The van der Waals surface area contributed by atoms with E-state index in [1.807, 2.05) is 0 Å². The number of hydrogen-bond acceptors (Lipinski definition) is 4. The number of rotatable bonds is 6. The van der Waals surface area contributed by atoms with Gasteiger partial charge in [0.2, 0.25) is 12.1 Å². The second-order valence-electron chi connectivity index (χ2n) is 3.27. The van der Waals surface area contributed by atoms with E-state index < -0.39 is 12.2 Å². The van der Waals surface area contributed by atoms with Crippen LogP contribution in [0.2, 0.25) is 0 Å². The zero-order valence-electron chi connectivity index (χ0n) is 9.51. The maximum atomic E-state index is 11.9. The van der Waals surface area contributed by atoms with E-state index in [9.17, 15) is 9.59 Å². The number of Topliss-reactive ketones (excluding diaryl/α,β-unsaturated/α-hetero) is 1. The van der Waals surface area contributed by atoms with E-state index in [0.717, 1.165) is 0 Å². The second-order valence-corrected chi connectivity index (χ2v) is 3.27. The molecule has 1 rings (SSSR count). The van der Waals surface area contributed by atoms with Gasteiger partial charge in [0.15, 0.2) is 5.78 Å². The summed E-state index contributed by atoms with van der Waals surface area (Å²) in [6, 6.07) is 0. The molecule has 1 aliphatic carbocycles. The average Bonchev–Trinajstić information content (AvgIpc) is 2.28.